The number of thiol groups is 1. The predicted octanol–water partition coefficient (Wildman–Crippen LogP) is 3.15. The number of ether oxygens (including phenoxy) is 1. The molecule has 0 aliphatic heterocycles. The third kappa shape index (κ3) is 2.76. The van der Waals surface area contributed by atoms with E-state index in [1.807, 2.05) is 0 Å². The van der Waals surface area contributed by atoms with Crippen LogP contribution in [-0.4, -0.2) is 6.36 Å². The summed E-state index contributed by atoms with van der Waals surface area (Å²) >= 11 is 3.42. The van der Waals surface area contributed by atoms with Crippen molar-refractivity contribution in [3.8, 4) is 5.75 Å². The summed E-state index contributed by atoms with van der Waals surface area (Å²) < 4.78 is 63.5. The van der Waals surface area contributed by atoms with Gasteiger partial charge in [0.1, 0.15) is 5.82 Å². The van der Waals surface area contributed by atoms with Gasteiger partial charge in [-0.05, 0) is 6.07 Å². The third-order valence-corrected chi connectivity index (χ3v) is 1.54. The normalized spacial score (nSPS) is 11.6. The summed E-state index contributed by atoms with van der Waals surface area (Å²) in [6.07, 6.45) is -5.06. The topological polar surface area (TPSA) is 9.23 Å². The van der Waals surface area contributed by atoms with Crippen molar-refractivity contribution in [2.75, 3.05) is 0 Å². The van der Waals surface area contributed by atoms with E-state index in [0.29, 0.717) is 12.1 Å². The van der Waals surface area contributed by atoms with Crippen LogP contribution in [0.25, 0.3) is 0 Å². The molecular formula is C7H3F5OS. The van der Waals surface area contributed by atoms with Crippen molar-refractivity contribution in [1.82, 2.24) is 0 Å². The predicted molar refractivity (Wildman–Crippen MR) is 40.3 cm³/mol. The van der Waals surface area contributed by atoms with E-state index in [-0.39, 0.29) is 0 Å². The van der Waals surface area contributed by atoms with Gasteiger partial charge in [0.15, 0.2) is 11.6 Å². The lowest BCUT2D eigenvalue weighted by molar-refractivity contribution is -0.275. The average molecular weight is 230 g/mol. The van der Waals surface area contributed by atoms with Gasteiger partial charge >= 0.3 is 6.36 Å². The number of hydrogen-bond acceptors (Lipinski definition) is 2. The fraction of sp³-hybridized carbons (Fsp3) is 0.143. The van der Waals surface area contributed by atoms with Gasteiger partial charge in [-0.15, -0.1) is 25.8 Å². The van der Waals surface area contributed by atoms with Gasteiger partial charge in [-0.2, -0.15) is 0 Å². The molecule has 0 spiro atoms. The van der Waals surface area contributed by atoms with E-state index in [2.05, 4.69) is 17.4 Å². The van der Waals surface area contributed by atoms with E-state index in [9.17, 15) is 22.0 Å². The van der Waals surface area contributed by atoms with E-state index >= 15 is 0 Å². The van der Waals surface area contributed by atoms with E-state index < -0.39 is 28.6 Å². The van der Waals surface area contributed by atoms with Gasteiger partial charge in [0.25, 0.3) is 0 Å². The molecule has 1 rings (SSSR count). The number of halogens is 5. The molecule has 0 radical (unpaired) electrons. The SMILES string of the molecule is Fc1cc(S)c(F)c(OC(F)(F)F)c1. The largest absolute Gasteiger partial charge is 0.573 e. The summed E-state index contributed by atoms with van der Waals surface area (Å²) in [7, 11) is 0. The first-order valence-electron chi connectivity index (χ1n) is 3.23. The molecule has 78 valence electrons. The van der Waals surface area contributed by atoms with Crippen LogP contribution in [0.2, 0.25) is 0 Å². The maximum absolute atomic E-state index is 12.8. The zero-order valence-electron chi connectivity index (χ0n) is 6.40. The molecule has 1 aromatic carbocycles. The molecule has 0 aliphatic carbocycles. The van der Waals surface area contributed by atoms with Crippen LogP contribution >= 0.6 is 12.6 Å². The van der Waals surface area contributed by atoms with Crippen LogP contribution in [0.3, 0.4) is 0 Å². The molecule has 0 bridgehead atoms. The van der Waals surface area contributed by atoms with Crippen LogP contribution in [0.15, 0.2) is 17.0 Å². The smallest absolute Gasteiger partial charge is 0.402 e. The highest BCUT2D eigenvalue weighted by Crippen LogP contribution is 2.29. The Balaban J connectivity index is 3.09. The molecule has 0 saturated heterocycles. The van der Waals surface area contributed by atoms with Gasteiger partial charge in [0.05, 0.1) is 0 Å². The van der Waals surface area contributed by atoms with Crippen LogP contribution in [0.1, 0.15) is 0 Å². The van der Waals surface area contributed by atoms with Gasteiger partial charge in [-0.3, -0.25) is 0 Å². The molecule has 7 heteroatoms. The van der Waals surface area contributed by atoms with Crippen molar-refractivity contribution in [2.45, 2.75) is 11.3 Å². The monoisotopic (exact) mass is 230 g/mol. The Morgan fingerprint density at radius 2 is 1.71 bits per heavy atom. The molecule has 14 heavy (non-hydrogen) atoms. The van der Waals surface area contributed by atoms with Crippen molar-refractivity contribution >= 4 is 12.6 Å². The first kappa shape index (κ1) is 11.1. The Morgan fingerprint density at radius 1 is 1.14 bits per heavy atom. The Bertz CT molecular complexity index is 349. The molecule has 0 unspecified atom stereocenters. The summed E-state index contributed by atoms with van der Waals surface area (Å²) in [5.74, 6) is -3.65. The molecule has 1 aromatic rings. The standard InChI is InChI=1S/C7H3F5OS/c8-3-1-4(13-7(10,11)12)6(9)5(14)2-3/h1-2,14H. The van der Waals surface area contributed by atoms with Gasteiger partial charge in [-0.25, -0.2) is 8.78 Å². The van der Waals surface area contributed by atoms with Gasteiger partial charge in [0.2, 0.25) is 0 Å². The quantitative estimate of drug-likeness (QED) is 0.576. The Morgan fingerprint density at radius 3 is 2.21 bits per heavy atom. The van der Waals surface area contributed by atoms with Crippen molar-refractivity contribution in [3.05, 3.63) is 23.8 Å². The summed E-state index contributed by atoms with van der Waals surface area (Å²) in [6.45, 7) is 0. The molecule has 0 atom stereocenters. The van der Waals surface area contributed by atoms with Crippen molar-refractivity contribution in [3.63, 3.8) is 0 Å². The van der Waals surface area contributed by atoms with E-state index in [0.717, 1.165) is 0 Å². The zero-order valence-corrected chi connectivity index (χ0v) is 7.29. The summed E-state index contributed by atoms with van der Waals surface area (Å²) in [5, 5.41) is 0. The van der Waals surface area contributed by atoms with E-state index in [4.69, 9.17) is 0 Å². The Kier molecular flexibility index (Phi) is 2.89. The third-order valence-electron chi connectivity index (χ3n) is 1.21. The molecule has 0 N–H and O–H groups in total. The zero-order chi connectivity index (χ0) is 10.9. The van der Waals surface area contributed by atoms with Crippen molar-refractivity contribution in [2.24, 2.45) is 0 Å². The number of hydrogen-bond donors (Lipinski definition) is 1. The molecule has 0 aromatic heterocycles. The second-order valence-electron chi connectivity index (χ2n) is 2.28. The van der Waals surface area contributed by atoms with Gasteiger partial charge < -0.3 is 4.74 Å². The lowest BCUT2D eigenvalue weighted by Crippen LogP contribution is -2.18. The van der Waals surface area contributed by atoms with E-state index in [1.165, 1.54) is 0 Å². The van der Waals surface area contributed by atoms with E-state index in [1.54, 1.807) is 0 Å². The van der Waals surface area contributed by atoms with Crippen molar-refractivity contribution in [1.29, 1.82) is 0 Å². The highest BCUT2D eigenvalue weighted by atomic mass is 32.1. The molecule has 0 fully saturated rings. The summed E-state index contributed by atoms with van der Waals surface area (Å²) in [5.41, 5.74) is 0. The van der Waals surface area contributed by atoms with Crippen LogP contribution in [-0.2, 0) is 0 Å². The molecular weight excluding hydrogens is 227 g/mol. The Hall–Kier alpha value is -0.980. The minimum Gasteiger partial charge on any atom is -0.402 e. The lowest BCUT2D eigenvalue weighted by atomic mass is 10.3. The van der Waals surface area contributed by atoms with Crippen LogP contribution < -0.4 is 4.74 Å². The minimum atomic E-state index is -5.06. The molecule has 0 aliphatic rings. The summed E-state index contributed by atoms with van der Waals surface area (Å²) in [6, 6.07) is 0.935. The maximum atomic E-state index is 12.8. The number of rotatable bonds is 1. The molecule has 0 heterocycles. The fourth-order valence-corrected chi connectivity index (χ4v) is 0.983. The van der Waals surface area contributed by atoms with Gasteiger partial charge in [-0.1, -0.05) is 0 Å². The van der Waals surface area contributed by atoms with Crippen LogP contribution in [0.4, 0.5) is 22.0 Å². The fourth-order valence-electron chi connectivity index (χ4n) is 0.749. The number of benzene rings is 1. The van der Waals surface area contributed by atoms with Crippen molar-refractivity contribution < 1.29 is 26.7 Å². The second-order valence-corrected chi connectivity index (χ2v) is 2.77. The summed E-state index contributed by atoms with van der Waals surface area (Å²) in [4.78, 5) is -0.552. The number of alkyl halides is 3. The first-order chi connectivity index (χ1) is 6.29. The highest BCUT2D eigenvalue weighted by molar-refractivity contribution is 7.80. The van der Waals surface area contributed by atoms with Crippen LogP contribution in [0, 0.1) is 11.6 Å². The first-order valence-corrected chi connectivity index (χ1v) is 3.68. The minimum absolute atomic E-state index is 0.294. The lowest BCUT2D eigenvalue weighted by Gasteiger charge is -2.10. The maximum Gasteiger partial charge on any atom is 0.573 e. The van der Waals surface area contributed by atoms with Gasteiger partial charge in [0, 0.05) is 11.0 Å². The highest BCUT2D eigenvalue weighted by Gasteiger charge is 2.33. The molecule has 0 amide bonds. The Labute approximate surface area is 80.9 Å². The molecule has 1 nitrogen and oxygen atoms in total. The second kappa shape index (κ2) is 3.64. The molecule has 0 saturated carbocycles. The van der Waals surface area contributed by atoms with Crippen LogP contribution in [0.5, 0.6) is 5.75 Å². The average Bonchev–Trinajstić information content (AvgIpc) is 1.96.